The fraction of sp³-hybridized carbons (Fsp3) is 0.417. The molecule has 0 heterocycles. The van der Waals surface area contributed by atoms with Crippen molar-refractivity contribution >= 4 is 11.9 Å². The lowest BCUT2D eigenvalue weighted by atomic mass is 9.67. The van der Waals surface area contributed by atoms with E-state index in [0.29, 0.717) is 6.42 Å². The predicted molar refractivity (Wildman–Crippen MR) is 112 cm³/mol. The Hall–Kier alpha value is -2.62. The Kier molecular flexibility index (Phi) is 9.43. The van der Waals surface area contributed by atoms with Crippen molar-refractivity contribution in [3.63, 3.8) is 0 Å². The summed E-state index contributed by atoms with van der Waals surface area (Å²) in [4.78, 5) is 26.2. The molecule has 0 aromatic heterocycles. The third-order valence-corrected chi connectivity index (χ3v) is 4.57. The normalized spacial score (nSPS) is 12.1. The highest BCUT2D eigenvalue weighted by molar-refractivity contribution is 5.86. The zero-order valence-electron chi connectivity index (χ0n) is 17.3. The van der Waals surface area contributed by atoms with E-state index in [4.69, 9.17) is 9.47 Å². The van der Waals surface area contributed by atoms with Crippen molar-refractivity contribution in [2.24, 2.45) is 17.3 Å². The van der Waals surface area contributed by atoms with Gasteiger partial charge < -0.3 is 9.47 Å². The van der Waals surface area contributed by atoms with Gasteiger partial charge >= 0.3 is 11.9 Å². The second-order valence-corrected chi connectivity index (χ2v) is 7.51. The minimum Gasteiger partial charge on any atom is -0.461 e. The SMILES string of the molecule is C=CCC(CC=C)(C(=O)OC(=C)C)[C@@H](CC(C)C)C(=O)OCc1ccccc1. The van der Waals surface area contributed by atoms with Crippen molar-refractivity contribution in [3.05, 3.63) is 73.5 Å². The molecule has 4 nitrogen and oxygen atoms in total. The maximum atomic E-state index is 13.1. The lowest BCUT2D eigenvalue weighted by molar-refractivity contribution is -0.169. The molecule has 0 N–H and O–H groups in total. The molecule has 0 radical (unpaired) electrons. The van der Waals surface area contributed by atoms with Crippen LogP contribution in [0.4, 0.5) is 0 Å². The third kappa shape index (κ3) is 6.52. The van der Waals surface area contributed by atoms with E-state index in [2.05, 4.69) is 19.7 Å². The molecule has 0 bridgehead atoms. The van der Waals surface area contributed by atoms with Crippen LogP contribution in [0, 0.1) is 17.3 Å². The summed E-state index contributed by atoms with van der Waals surface area (Å²) in [5.41, 5.74) is -0.234. The number of carbonyl (C=O) groups is 2. The van der Waals surface area contributed by atoms with Crippen LogP contribution < -0.4 is 0 Å². The van der Waals surface area contributed by atoms with Crippen molar-refractivity contribution in [2.45, 2.75) is 46.6 Å². The molecule has 28 heavy (non-hydrogen) atoms. The van der Waals surface area contributed by atoms with Crippen LogP contribution in [-0.2, 0) is 25.7 Å². The predicted octanol–water partition coefficient (Wildman–Crippen LogP) is 5.61. The van der Waals surface area contributed by atoms with E-state index in [1.165, 1.54) is 0 Å². The summed E-state index contributed by atoms with van der Waals surface area (Å²) in [6.07, 6.45) is 4.33. The molecule has 1 aromatic rings. The Morgan fingerprint density at radius 2 is 1.68 bits per heavy atom. The van der Waals surface area contributed by atoms with Gasteiger partial charge in [0.25, 0.3) is 0 Å². The molecule has 1 aromatic carbocycles. The van der Waals surface area contributed by atoms with Crippen LogP contribution in [0.25, 0.3) is 0 Å². The smallest absolute Gasteiger partial charge is 0.318 e. The first-order valence-electron chi connectivity index (χ1n) is 9.57. The molecule has 0 amide bonds. The van der Waals surface area contributed by atoms with Crippen molar-refractivity contribution in [1.29, 1.82) is 0 Å². The number of hydrogen-bond acceptors (Lipinski definition) is 4. The van der Waals surface area contributed by atoms with Crippen LogP contribution in [-0.4, -0.2) is 11.9 Å². The summed E-state index contributed by atoms with van der Waals surface area (Å²) < 4.78 is 11.0. The Morgan fingerprint density at radius 1 is 1.11 bits per heavy atom. The molecule has 0 fully saturated rings. The van der Waals surface area contributed by atoms with Gasteiger partial charge in [-0.3, -0.25) is 9.59 Å². The van der Waals surface area contributed by atoms with Gasteiger partial charge in [0.1, 0.15) is 6.61 Å². The molecular formula is C24H32O4. The summed E-state index contributed by atoms with van der Waals surface area (Å²) in [5, 5.41) is 0. The number of allylic oxidation sites excluding steroid dienone is 3. The third-order valence-electron chi connectivity index (χ3n) is 4.57. The Balaban J connectivity index is 3.24. The molecule has 0 aliphatic carbocycles. The van der Waals surface area contributed by atoms with Crippen molar-refractivity contribution in [2.75, 3.05) is 0 Å². The standard InChI is InChI=1S/C24H32O4/c1-7-14-24(15-8-2,23(26)28-19(5)6)21(16-18(3)4)22(25)27-17-20-12-10-9-11-13-20/h7-13,18,21H,1-2,5,14-17H2,3-4,6H3/t21-/m0/s1. The summed E-state index contributed by atoms with van der Waals surface area (Å²) in [6, 6.07) is 9.46. The number of rotatable bonds is 12. The van der Waals surface area contributed by atoms with Gasteiger partial charge in [0.15, 0.2) is 0 Å². The maximum Gasteiger partial charge on any atom is 0.318 e. The quantitative estimate of drug-likeness (QED) is 0.267. The van der Waals surface area contributed by atoms with Crippen LogP contribution in [0.5, 0.6) is 0 Å². The van der Waals surface area contributed by atoms with Gasteiger partial charge in [0.2, 0.25) is 0 Å². The van der Waals surface area contributed by atoms with Gasteiger partial charge in [0, 0.05) is 0 Å². The monoisotopic (exact) mass is 384 g/mol. The summed E-state index contributed by atoms with van der Waals surface area (Å²) in [7, 11) is 0. The summed E-state index contributed by atoms with van der Waals surface area (Å²) >= 11 is 0. The highest BCUT2D eigenvalue weighted by Gasteiger charge is 2.49. The number of benzene rings is 1. The Bertz CT molecular complexity index is 678. The number of hydrogen-bond donors (Lipinski definition) is 0. The van der Waals surface area contributed by atoms with Gasteiger partial charge in [-0.15, -0.1) is 13.2 Å². The molecule has 152 valence electrons. The molecular weight excluding hydrogens is 352 g/mol. The van der Waals surface area contributed by atoms with Crippen LogP contribution in [0.15, 0.2) is 68.0 Å². The number of esters is 2. The van der Waals surface area contributed by atoms with E-state index in [1.807, 2.05) is 44.2 Å². The Labute approximate surface area is 168 Å². The molecule has 0 saturated carbocycles. The first-order chi connectivity index (χ1) is 13.3. The van der Waals surface area contributed by atoms with Crippen molar-refractivity contribution in [3.8, 4) is 0 Å². The maximum absolute atomic E-state index is 13.1. The lowest BCUT2D eigenvalue weighted by Crippen LogP contribution is -2.44. The van der Waals surface area contributed by atoms with E-state index in [1.54, 1.807) is 19.1 Å². The molecule has 1 atom stereocenters. The molecule has 0 spiro atoms. The van der Waals surface area contributed by atoms with Gasteiger partial charge in [-0.2, -0.15) is 0 Å². The largest absolute Gasteiger partial charge is 0.461 e. The van der Waals surface area contributed by atoms with Crippen molar-refractivity contribution < 1.29 is 19.1 Å². The fourth-order valence-electron chi connectivity index (χ4n) is 3.30. The number of ether oxygens (including phenoxy) is 2. The van der Waals surface area contributed by atoms with Gasteiger partial charge in [-0.05, 0) is 37.7 Å². The summed E-state index contributed by atoms with van der Waals surface area (Å²) in [6.45, 7) is 17.0. The van der Waals surface area contributed by atoms with Crippen LogP contribution >= 0.6 is 0 Å². The van der Waals surface area contributed by atoms with Crippen LogP contribution in [0.2, 0.25) is 0 Å². The lowest BCUT2D eigenvalue weighted by Gasteiger charge is -2.37. The first-order valence-corrected chi connectivity index (χ1v) is 9.57. The molecule has 0 unspecified atom stereocenters. The molecule has 1 rings (SSSR count). The molecule has 0 saturated heterocycles. The van der Waals surface area contributed by atoms with Gasteiger partial charge in [0.05, 0.1) is 17.1 Å². The zero-order valence-corrected chi connectivity index (χ0v) is 17.3. The Morgan fingerprint density at radius 3 is 2.14 bits per heavy atom. The topological polar surface area (TPSA) is 52.6 Å². The molecule has 0 aliphatic heterocycles. The fourth-order valence-corrected chi connectivity index (χ4v) is 3.30. The van der Waals surface area contributed by atoms with Gasteiger partial charge in [-0.25, -0.2) is 0 Å². The van der Waals surface area contributed by atoms with E-state index >= 15 is 0 Å². The second-order valence-electron chi connectivity index (χ2n) is 7.51. The van der Waals surface area contributed by atoms with E-state index < -0.39 is 23.3 Å². The van der Waals surface area contributed by atoms with E-state index in [9.17, 15) is 9.59 Å². The number of carbonyl (C=O) groups excluding carboxylic acids is 2. The van der Waals surface area contributed by atoms with Crippen LogP contribution in [0.1, 0.15) is 45.6 Å². The second kappa shape index (κ2) is 11.3. The van der Waals surface area contributed by atoms with Crippen molar-refractivity contribution in [1.82, 2.24) is 0 Å². The minimum absolute atomic E-state index is 0.155. The molecule has 4 heteroatoms. The average molecular weight is 385 g/mol. The van der Waals surface area contributed by atoms with E-state index in [-0.39, 0.29) is 31.1 Å². The molecule has 0 aliphatic rings. The highest BCUT2D eigenvalue weighted by atomic mass is 16.5. The average Bonchev–Trinajstić information content (AvgIpc) is 2.64. The minimum atomic E-state index is -1.12. The van der Waals surface area contributed by atoms with Crippen LogP contribution in [0.3, 0.4) is 0 Å². The zero-order chi connectivity index (χ0) is 21.2. The highest BCUT2D eigenvalue weighted by Crippen LogP contribution is 2.42. The summed E-state index contributed by atoms with van der Waals surface area (Å²) in [5.74, 6) is -1.13. The first kappa shape index (κ1) is 23.4. The van der Waals surface area contributed by atoms with Gasteiger partial charge in [-0.1, -0.05) is 62.9 Å². The van der Waals surface area contributed by atoms with E-state index in [0.717, 1.165) is 5.56 Å².